The van der Waals surface area contributed by atoms with Gasteiger partial charge >= 0.3 is 12.1 Å². The lowest BCUT2D eigenvalue weighted by molar-refractivity contribution is -0.203. The van der Waals surface area contributed by atoms with Crippen LogP contribution in [0, 0.1) is 0 Å². The molecule has 1 aromatic carbocycles. The van der Waals surface area contributed by atoms with Crippen molar-refractivity contribution in [3.05, 3.63) is 46.7 Å². The van der Waals surface area contributed by atoms with Crippen molar-refractivity contribution in [3.63, 3.8) is 0 Å². The lowest BCUT2D eigenvalue weighted by atomic mass is 10.1. The summed E-state index contributed by atoms with van der Waals surface area (Å²) >= 11 is 13.1. The minimum absolute atomic E-state index is 0.153. The molecule has 0 spiro atoms. The maximum Gasteiger partial charge on any atom is 0.490 e. The number of nitrogens with two attached hydrogens (primary N) is 1. The van der Waals surface area contributed by atoms with Crippen LogP contribution in [0.5, 0.6) is 0 Å². The third-order valence-corrected chi connectivity index (χ3v) is 5.02. The van der Waals surface area contributed by atoms with Gasteiger partial charge in [-0.3, -0.25) is 10.1 Å². The Morgan fingerprint density at radius 2 is 2.07 bits per heavy atom. The molecule has 0 aliphatic carbocycles. The Hall–Kier alpha value is -2.01. The number of carbonyl (C=O) groups excluding carboxylic acids is 1. The Morgan fingerprint density at radius 1 is 1.32 bits per heavy atom. The van der Waals surface area contributed by atoms with Crippen molar-refractivity contribution >= 4 is 46.6 Å². The number of fused-ring (bicyclic) bond motifs is 1. The van der Waals surface area contributed by atoms with Crippen LogP contribution < -0.4 is 5.73 Å². The quantitative estimate of drug-likeness (QED) is 0.271. The predicted molar refractivity (Wildman–Crippen MR) is 99.3 cm³/mol. The van der Waals surface area contributed by atoms with Crippen molar-refractivity contribution in [3.8, 4) is 11.3 Å². The number of hydrogen-bond acceptors (Lipinski definition) is 6. The van der Waals surface area contributed by atoms with E-state index >= 15 is 0 Å². The average Bonchev–Trinajstić information content (AvgIpc) is 3.07. The molecule has 1 unspecified atom stereocenters. The first-order valence-electron chi connectivity index (χ1n) is 7.61. The Balaban J connectivity index is 1.85. The highest BCUT2D eigenvalue weighted by molar-refractivity contribution is 7.99. The summed E-state index contributed by atoms with van der Waals surface area (Å²) in [5.41, 5.74) is 7.11. The largest absolute Gasteiger partial charge is 0.490 e. The molecule has 2 N–H and O–H groups in total. The zero-order valence-corrected chi connectivity index (χ0v) is 16.1. The second-order valence-corrected chi connectivity index (χ2v) is 7.29. The Kier molecular flexibility index (Phi) is 6.04. The summed E-state index contributed by atoms with van der Waals surface area (Å²) in [6.07, 6.45) is -3.41. The van der Waals surface area contributed by atoms with E-state index in [1.807, 2.05) is 0 Å². The van der Waals surface area contributed by atoms with Crippen LogP contribution in [0.4, 0.5) is 13.2 Å². The fourth-order valence-corrected chi connectivity index (χ4v) is 3.57. The third kappa shape index (κ3) is 4.69. The van der Waals surface area contributed by atoms with Gasteiger partial charge in [0.25, 0.3) is 0 Å². The molecule has 2 aromatic heterocycles. The highest BCUT2D eigenvalue weighted by Crippen LogP contribution is 2.31. The van der Waals surface area contributed by atoms with E-state index in [1.54, 1.807) is 34.9 Å². The number of alkyl halides is 3. The average molecular weight is 451 g/mol. The fraction of sp³-hybridized carbons (Fsp3) is 0.188. The first-order valence-corrected chi connectivity index (χ1v) is 9.35. The second-order valence-electron chi connectivity index (χ2n) is 5.46. The first-order chi connectivity index (χ1) is 13.1. The van der Waals surface area contributed by atoms with Crippen LogP contribution in [0.25, 0.3) is 16.9 Å². The Morgan fingerprint density at radius 3 is 2.75 bits per heavy atom. The lowest BCUT2D eigenvalue weighted by Gasteiger charge is -2.14. The summed E-state index contributed by atoms with van der Waals surface area (Å²) in [6, 6.07) is 6.61. The van der Waals surface area contributed by atoms with E-state index in [0.29, 0.717) is 32.1 Å². The van der Waals surface area contributed by atoms with Crippen molar-refractivity contribution < 1.29 is 22.7 Å². The number of nitrogens with zero attached hydrogens (tertiary/aromatic N) is 3. The number of halogens is 5. The number of ether oxygens (including phenoxy) is 1. The number of hydrogen-bond donors (Lipinski definition) is 1. The summed E-state index contributed by atoms with van der Waals surface area (Å²) in [7, 11) is 0. The molecule has 0 saturated carbocycles. The summed E-state index contributed by atoms with van der Waals surface area (Å²) < 4.78 is 42.6. The number of carbonyl (C=O) groups is 1. The van der Waals surface area contributed by atoms with Gasteiger partial charge in [-0.25, -0.2) is 14.8 Å². The molecular formula is C16H11Cl2F3N4O2S. The molecule has 6 nitrogen and oxygen atoms in total. The molecule has 148 valence electrons. The maximum absolute atomic E-state index is 12.3. The molecule has 0 fully saturated rings. The Bertz CT molecular complexity index is 1030. The fourth-order valence-electron chi connectivity index (χ4n) is 2.23. The van der Waals surface area contributed by atoms with Gasteiger partial charge in [0.1, 0.15) is 5.65 Å². The maximum atomic E-state index is 12.3. The summed E-state index contributed by atoms with van der Waals surface area (Å²) in [6.45, 7) is 0. The zero-order chi connectivity index (χ0) is 20.5. The molecule has 0 bridgehead atoms. The van der Waals surface area contributed by atoms with E-state index in [1.165, 1.54) is 6.20 Å². The van der Waals surface area contributed by atoms with E-state index in [2.05, 4.69) is 14.7 Å². The smallest absolute Gasteiger partial charge is 0.439 e. The molecule has 28 heavy (non-hydrogen) atoms. The first kappa shape index (κ1) is 20.7. The molecule has 0 aliphatic rings. The van der Waals surface area contributed by atoms with Crippen molar-refractivity contribution in [2.24, 2.45) is 5.73 Å². The van der Waals surface area contributed by atoms with Crippen LogP contribution in [0.1, 0.15) is 0 Å². The molecular weight excluding hydrogens is 440 g/mol. The SMILES string of the molecule is NC(CSc1nc(-c2ccc(Cl)cc2Cl)cc2nccn12)OC(=O)C(F)(F)F. The minimum Gasteiger partial charge on any atom is -0.439 e. The normalized spacial score (nSPS) is 12.9. The molecule has 0 saturated heterocycles. The number of thioether (sulfide) groups is 1. The van der Waals surface area contributed by atoms with Crippen molar-refractivity contribution in [2.75, 3.05) is 5.75 Å². The van der Waals surface area contributed by atoms with Crippen LogP contribution in [0.2, 0.25) is 10.0 Å². The zero-order valence-electron chi connectivity index (χ0n) is 13.8. The number of imidazole rings is 1. The molecule has 1 atom stereocenters. The predicted octanol–water partition coefficient (Wildman–Crippen LogP) is 4.19. The van der Waals surface area contributed by atoms with Gasteiger partial charge in [-0.15, -0.1) is 0 Å². The van der Waals surface area contributed by atoms with Crippen LogP contribution in [-0.4, -0.2) is 38.5 Å². The standard InChI is InChI=1S/C16H11Cl2F3N4O2S/c17-8-1-2-9(10(18)5-8)11-6-13-23-3-4-25(13)15(24-11)28-7-12(22)27-14(26)16(19,20)21/h1-6,12H,7,22H2. The van der Waals surface area contributed by atoms with Crippen LogP contribution in [0.3, 0.4) is 0 Å². The number of aromatic nitrogens is 3. The van der Waals surface area contributed by atoms with E-state index in [4.69, 9.17) is 28.9 Å². The van der Waals surface area contributed by atoms with E-state index in [-0.39, 0.29) is 5.75 Å². The molecule has 12 heteroatoms. The van der Waals surface area contributed by atoms with Crippen molar-refractivity contribution in [1.82, 2.24) is 14.4 Å². The number of rotatable bonds is 5. The topological polar surface area (TPSA) is 82.5 Å². The third-order valence-electron chi connectivity index (χ3n) is 3.43. The summed E-state index contributed by atoms with van der Waals surface area (Å²) in [5.74, 6) is -2.50. The van der Waals surface area contributed by atoms with Gasteiger partial charge in [0, 0.05) is 29.0 Å². The van der Waals surface area contributed by atoms with Gasteiger partial charge in [0.15, 0.2) is 11.4 Å². The van der Waals surface area contributed by atoms with Gasteiger partial charge in [-0.2, -0.15) is 13.2 Å². The van der Waals surface area contributed by atoms with E-state index < -0.39 is 18.4 Å². The summed E-state index contributed by atoms with van der Waals surface area (Å²) in [5, 5.41) is 1.22. The molecule has 2 heterocycles. The molecule has 0 aliphatic heterocycles. The monoisotopic (exact) mass is 450 g/mol. The van der Waals surface area contributed by atoms with Gasteiger partial charge in [-0.1, -0.05) is 35.0 Å². The highest BCUT2D eigenvalue weighted by Gasteiger charge is 2.41. The number of esters is 1. The number of benzene rings is 1. The highest BCUT2D eigenvalue weighted by atomic mass is 35.5. The Labute approximate surface area is 170 Å². The van der Waals surface area contributed by atoms with Crippen molar-refractivity contribution in [1.29, 1.82) is 0 Å². The van der Waals surface area contributed by atoms with Gasteiger partial charge in [-0.05, 0) is 18.2 Å². The van der Waals surface area contributed by atoms with Crippen LogP contribution in [0.15, 0.2) is 41.8 Å². The van der Waals surface area contributed by atoms with Crippen LogP contribution >= 0.6 is 35.0 Å². The molecule has 0 amide bonds. The molecule has 3 rings (SSSR count). The molecule has 0 radical (unpaired) electrons. The van der Waals surface area contributed by atoms with E-state index in [9.17, 15) is 18.0 Å². The van der Waals surface area contributed by atoms with Crippen molar-refractivity contribution in [2.45, 2.75) is 17.6 Å². The lowest BCUT2D eigenvalue weighted by Crippen LogP contribution is -2.36. The van der Waals surface area contributed by atoms with Gasteiger partial charge in [0.05, 0.1) is 16.5 Å². The minimum atomic E-state index is -5.11. The van der Waals surface area contributed by atoms with E-state index in [0.717, 1.165) is 11.8 Å². The van der Waals surface area contributed by atoms with Crippen LogP contribution in [-0.2, 0) is 9.53 Å². The van der Waals surface area contributed by atoms with Gasteiger partial charge < -0.3 is 4.74 Å². The summed E-state index contributed by atoms with van der Waals surface area (Å²) in [4.78, 5) is 19.5. The van der Waals surface area contributed by atoms with Gasteiger partial charge in [0.2, 0.25) is 0 Å². The molecule has 3 aromatic rings. The second kappa shape index (κ2) is 8.16.